The third-order valence-electron chi connectivity index (χ3n) is 2.80. The Balaban J connectivity index is 2.07. The molecular formula is C14H13BrClNOS. The van der Waals surface area contributed by atoms with Gasteiger partial charge in [0.05, 0.1) is 17.1 Å². The third kappa shape index (κ3) is 3.59. The van der Waals surface area contributed by atoms with Crippen LogP contribution in [0.1, 0.15) is 27.7 Å². The highest BCUT2D eigenvalue weighted by atomic mass is 79.9. The number of hydrogen-bond acceptors (Lipinski definition) is 2. The second-order valence-electron chi connectivity index (χ2n) is 4.03. The van der Waals surface area contributed by atoms with Crippen LogP contribution in [-0.4, -0.2) is 5.91 Å². The summed E-state index contributed by atoms with van der Waals surface area (Å²) in [6, 6.07) is 7.35. The van der Waals surface area contributed by atoms with Crippen molar-refractivity contribution >= 4 is 44.8 Å². The summed E-state index contributed by atoms with van der Waals surface area (Å²) in [5.41, 5.74) is 1.77. The lowest BCUT2D eigenvalue weighted by Gasteiger charge is -2.07. The van der Waals surface area contributed by atoms with Crippen LogP contribution in [0, 0.1) is 0 Å². The number of amides is 1. The molecule has 2 aromatic rings. The summed E-state index contributed by atoms with van der Waals surface area (Å²) in [7, 11) is 0. The molecule has 0 bridgehead atoms. The average molecular weight is 359 g/mol. The highest BCUT2D eigenvalue weighted by molar-refractivity contribution is 9.10. The van der Waals surface area contributed by atoms with Gasteiger partial charge in [-0.2, -0.15) is 0 Å². The Morgan fingerprint density at radius 1 is 1.42 bits per heavy atom. The van der Waals surface area contributed by atoms with E-state index in [1.807, 2.05) is 11.4 Å². The highest BCUT2D eigenvalue weighted by Crippen LogP contribution is 2.22. The molecule has 1 N–H and O–H groups in total. The minimum atomic E-state index is -0.151. The van der Waals surface area contributed by atoms with Gasteiger partial charge >= 0.3 is 0 Å². The summed E-state index contributed by atoms with van der Waals surface area (Å²) in [6.07, 6.45) is 0.979. The van der Waals surface area contributed by atoms with Crippen LogP contribution in [0.5, 0.6) is 0 Å². The SMILES string of the molecule is CCc1ccsc1CNC(=O)c1cc(Br)ccc1Cl. The molecule has 2 rings (SSSR count). The topological polar surface area (TPSA) is 29.1 Å². The number of nitrogens with one attached hydrogen (secondary N) is 1. The van der Waals surface area contributed by atoms with Gasteiger partial charge in [-0.05, 0) is 41.6 Å². The molecule has 0 aliphatic rings. The number of thiophene rings is 1. The largest absolute Gasteiger partial charge is 0.347 e. The number of aryl methyl sites for hydroxylation is 1. The molecule has 19 heavy (non-hydrogen) atoms. The minimum absolute atomic E-state index is 0.151. The van der Waals surface area contributed by atoms with Crippen molar-refractivity contribution in [3.63, 3.8) is 0 Å². The Morgan fingerprint density at radius 3 is 2.95 bits per heavy atom. The van der Waals surface area contributed by atoms with E-state index >= 15 is 0 Å². The van der Waals surface area contributed by atoms with Crippen LogP contribution in [-0.2, 0) is 13.0 Å². The van der Waals surface area contributed by atoms with Gasteiger partial charge in [0.1, 0.15) is 0 Å². The average Bonchev–Trinajstić information content (AvgIpc) is 2.86. The summed E-state index contributed by atoms with van der Waals surface area (Å²) < 4.78 is 0.840. The second kappa shape index (κ2) is 6.55. The van der Waals surface area contributed by atoms with Crippen LogP contribution < -0.4 is 5.32 Å². The molecule has 0 fully saturated rings. The fraction of sp³-hybridized carbons (Fsp3) is 0.214. The lowest BCUT2D eigenvalue weighted by atomic mass is 10.2. The summed E-state index contributed by atoms with van der Waals surface area (Å²) in [5, 5.41) is 5.42. The molecule has 0 saturated heterocycles. The summed E-state index contributed by atoms with van der Waals surface area (Å²) in [4.78, 5) is 13.3. The summed E-state index contributed by atoms with van der Waals surface area (Å²) in [5.74, 6) is -0.151. The number of rotatable bonds is 4. The first kappa shape index (κ1) is 14.6. The molecule has 0 spiro atoms. The van der Waals surface area contributed by atoms with Crippen molar-refractivity contribution in [1.29, 1.82) is 0 Å². The van der Waals surface area contributed by atoms with Crippen LogP contribution in [0.4, 0.5) is 0 Å². The van der Waals surface area contributed by atoms with Crippen LogP contribution in [0.3, 0.4) is 0 Å². The van der Waals surface area contributed by atoms with Crippen molar-refractivity contribution < 1.29 is 4.79 Å². The first-order valence-corrected chi connectivity index (χ1v) is 7.95. The van der Waals surface area contributed by atoms with Gasteiger partial charge in [0.15, 0.2) is 0 Å². The lowest BCUT2D eigenvalue weighted by Crippen LogP contribution is -2.23. The minimum Gasteiger partial charge on any atom is -0.347 e. The molecule has 0 aliphatic heterocycles. The number of benzene rings is 1. The molecule has 1 heterocycles. The number of halogens is 2. The van der Waals surface area contributed by atoms with E-state index in [1.165, 1.54) is 10.4 Å². The summed E-state index contributed by atoms with van der Waals surface area (Å²) >= 11 is 11.0. The van der Waals surface area contributed by atoms with Gasteiger partial charge in [0.25, 0.3) is 5.91 Å². The zero-order valence-corrected chi connectivity index (χ0v) is 13.5. The Bertz CT molecular complexity index is 597. The zero-order valence-electron chi connectivity index (χ0n) is 10.4. The molecule has 5 heteroatoms. The van der Waals surface area contributed by atoms with Crippen molar-refractivity contribution in [3.8, 4) is 0 Å². The van der Waals surface area contributed by atoms with E-state index in [4.69, 9.17) is 11.6 Å². The third-order valence-corrected chi connectivity index (χ3v) is 4.59. The van der Waals surface area contributed by atoms with Crippen molar-refractivity contribution in [2.45, 2.75) is 19.9 Å². The zero-order chi connectivity index (χ0) is 13.8. The van der Waals surface area contributed by atoms with Gasteiger partial charge in [0.2, 0.25) is 0 Å². The molecule has 0 unspecified atom stereocenters. The first-order chi connectivity index (χ1) is 9.11. The van der Waals surface area contributed by atoms with Crippen molar-refractivity contribution in [3.05, 3.63) is 55.1 Å². The van der Waals surface area contributed by atoms with Gasteiger partial charge in [0, 0.05) is 9.35 Å². The van der Waals surface area contributed by atoms with Crippen LogP contribution >= 0.6 is 38.9 Å². The fourth-order valence-corrected chi connectivity index (χ4v) is 3.24. The van der Waals surface area contributed by atoms with E-state index in [2.05, 4.69) is 34.2 Å². The molecule has 0 atom stereocenters. The number of hydrogen-bond donors (Lipinski definition) is 1. The smallest absolute Gasteiger partial charge is 0.253 e. The van der Waals surface area contributed by atoms with E-state index in [0.29, 0.717) is 17.1 Å². The lowest BCUT2D eigenvalue weighted by molar-refractivity contribution is 0.0951. The maximum absolute atomic E-state index is 12.1. The Morgan fingerprint density at radius 2 is 2.21 bits per heavy atom. The maximum Gasteiger partial charge on any atom is 0.253 e. The molecule has 1 amide bonds. The summed E-state index contributed by atoms with van der Waals surface area (Å²) in [6.45, 7) is 2.65. The molecule has 2 nitrogen and oxygen atoms in total. The van der Waals surface area contributed by atoms with E-state index in [-0.39, 0.29) is 5.91 Å². The highest BCUT2D eigenvalue weighted by Gasteiger charge is 2.11. The number of carbonyl (C=O) groups excluding carboxylic acids is 1. The quantitative estimate of drug-likeness (QED) is 0.846. The Kier molecular flexibility index (Phi) is 5.02. The first-order valence-electron chi connectivity index (χ1n) is 5.90. The van der Waals surface area contributed by atoms with Gasteiger partial charge < -0.3 is 5.32 Å². The predicted molar refractivity (Wildman–Crippen MR) is 84.0 cm³/mol. The standard InChI is InChI=1S/C14H13BrClNOS/c1-2-9-5-6-19-13(9)8-17-14(18)11-7-10(15)3-4-12(11)16/h3-7H,2,8H2,1H3,(H,17,18). The maximum atomic E-state index is 12.1. The van der Waals surface area contributed by atoms with Crippen LogP contribution in [0.2, 0.25) is 5.02 Å². The van der Waals surface area contributed by atoms with Crippen molar-refractivity contribution in [2.75, 3.05) is 0 Å². The normalized spacial score (nSPS) is 10.5. The molecule has 100 valence electrons. The van der Waals surface area contributed by atoms with Gasteiger partial charge in [-0.1, -0.05) is 34.5 Å². The van der Waals surface area contributed by atoms with E-state index in [1.54, 1.807) is 23.5 Å². The molecule has 0 radical (unpaired) electrons. The van der Waals surface area contributed by atoms with Crippen LogP contribution in [0.25, 0.3) is 0 Å². The van der Waals surface area contributed by atoms with Gasteiger partial charge in [-0.25, -0.2) is 0 Å². The molecular weight excluding hydrogens is 346 g/mol. The van der Waals surface area contributed by atoms with Gasteiger partial charge in [-0.15, -0.1) is 11.3 Å². The van der Waals surface area contributed by atoms with Crippen LogP contribution in [0.15, 0.2) is 34.1 Å². The van der Waals surface area contributed by atoms with E-state index < -0.39 is 0 Å². The molecule has 0 saturated carbocycles. The van der Waals surface area contributed by atoms with Gasteiger partial charge in [-0.3, -0.25) is 4.79 Å². The fourth-order valence-electron chi connectivity index (χ4n) is 1.76. The van der Waals surface area contributed by atoms with Crippen molar-refractivity contribution in [2.24, 2.45) is 0 Å². The Labute approximate surface area is 129 Å². The Hall–Kier alpha value is -0.840. The van der Waals surface area contributed by atoms with E-state index in [9.17, 15) is 4.79 Å². The molecule has 0 aliphatic carbocycles. The number of carbonyl (C=O) groups is 1. The second-order valence-corrected chi connectivity index (χ2v) is 6.35. The van der Waals surface area contributed by atoms with E-state index in [0.717, 1.165) is 10.9 Å². The molecule has 1 aromatic heterocycles. The monoisotopic (exact) mass is 357 g/mol. The van der Waals surface area contributed by atoms with Crippen molar-refractivity contribution in [1.82, 2.24) is 5.32 Å². The molecule has 1 aromatic carbocycles. The predicted octanol–water partition coefficient (Wildman–Crippen LogP) is 4.66.